The molecular formula is C17H24NO5+. The molecule has 0 unspecified atom stereocenters. The summed E-state index contributed by atoms with van der Waals surface area (Å²) in [6, 6.07) is 3.36. The number of rotatable bonds is 5. The molecule has 0 aliphatic heterocycles. The Labute approximate surface area is 136 Å². The van der Waals surface area contributed by atoms with E-state index in [-0.39, 0.29) is 11.6 Å². The molecule has 6 nitrogen and oxygen atoms in total. The van der Waals surface area contributed by atoms with Crippen LogP contribution in [0, 0.1) is 0 Å². The van der Waals surface area contributed by atoms with Crippen LogP contribution in [0.3, 0.4) is 0 Å². The number of hydrogen-bond acceptors (Lipinski definition) is 5. The molecule has 0 aromatic heterocycles. The van der Waals surface area contributed by atoms with E-state index in [2.05, 4.69) is 0 Å². The third-order valence-electron chi connectivity index (χ3n) is 4.17. The zero-order chi connectivity index (χ0) is 16.8. The highest BCUT2D eigenvalue weighted by atomic mass is 16.5. The third-order valence-corrected chi connectivity index (χ3v) is 4.17. The second kappa shape index (κ2) is 7.85. The lowest BCUT2D eigenvalue weighted by Gasteiger charge is -2.16. The van der Waals surface area contributed by atoms with E-state index < -0.39 is 5.97 Å². The topological polar surface area (TPSA) is 68.0 Å². The average molecular weight is 322 g/mol. The van der Waals surface area contributed by atoms with Crippen molar-refractivity contribution >= 4 is 12.2 Å². The summed E-state index contributed by atoms with van der Waals surface area (Å²) < 4.78 is 16.6. The zero-order valence-electron chi connectivity index (χ0n) is 13.9. The van der Waals surface area contributed by atoms with Crippen LogP contribution >= 0.6 is 0 Å². The Balaban J connectivity index is 2.47. The maximum atomic E-state index is 12.1. The Morgan fingerprint density at radius 1 is 1.17 bits per heavy atom. The van der Waals surface area contributed by atoms with Crippen LogP contribution < -0.4 is 9.47 Å². The smallest absolute Gasteiger partial charge is 0.342 e. The van der Waals surface area contributed by atoms with Crippen LogP contribution in [0.2, 0.25) is 0 Å². The van der Waals surface area contributed by atoms with Crippen molar-refractivity contribution in [3.8, 4) is 11.5 Å². The van der Waals surface area contributed by atoms with Gasteiger partial charge in [0, 0.05) is 18.9 Å². The molecule has 0 bridgehead atoms. The molecule has 1 aliphatic rings. The Morgan fingerprint density at radius 3 is 2.43 bits per heavy atom. The molecule has 0 heterocycles. The SMILES string of the molecule is COC(=O)c1c(/C=[N+](\O)C2CCCCC2)cc(OC)cc1OC. The van der Waals surface area contributed by atoms with Gasteiger partial charge in [-0.1, -0.05) is 6.42 Å². The Kier molecular flexibility index (Phi) is 5.84. The van der Waals surface area contributed by atoms with Crippen LogP contribution in [-0.2, 0) is 4.74 Å². The quantitative estimate of drug-likeness (QED) is 0.297. The van der Waals surface area contributed by atoms with E-state index in [0.717, 1.165) is 25.7 Å². The van der Waals surface area contributed by atoms with Gasteiger partial charge in [0.25, 0.3) is 0 Å². The van der Waals surface area contributed by atoms with Gasteiger partial charge in [-0.3, -0.25) is 5.21 Å². The number of carbonyl (C=O) groups excluding carboxylic acids is 1. The maximum absolute atomic E-state index is 12.1. The molecule has 126 valence electrons. The number of ether oxygens (including phenoxy) is 3. The fourth-order valence-electron chi connectivity index (χ4n) is 2.91. The van der Waals surface area contributed by atoms with E-state index in [0.29, 0.717) is 17.1 Å². The molecule has 2 rings (SSSR count). The van der Waals surface area contributed by atoms with Crippen molar-refractivity contribution in [3.63, 3.8) is 0 Å². The van der Waals surface area contributed by atoms with Gasteiger partial charge in [0.1, 0.15) is 17.1 Å². The number of carbonyl (C=O) groups is 1. The molecule has 0 saturated heterocycles. The van der Waals surface area contributed by atoms with E-state index in [1.807, 2.05) is 0 Å². The molecule has 0 atom stereocenters. The molecule has 1 N–H and O–H groups in total. The van der Waals surface area contributed by atoms with Gasteiger partial charge in [-0.05, 0) is 23.6 Å². The summed E-state index contributed by atoms with van der Waals surface area (Å²) in [4.78, 5) is 12.1. The van der Waals surface area contributed by atoms with Crippen LogP contribution in [0.4, 0.5) is 0 Å². The summed E-state index contributed by atoms with van der Waals surface area (Å²) >= 11 is 0. The first kappa shape index (κ1) is 17.1. The number of esters is 1. The summed E-state index contributed by atoms with van der Waals surface area (Å²) in [6.07, 6.45) is 6.81. The Hall–Kier alpha value is -2.24. The molecule has 1 saturated carbocycles. The average Bonchev–Trinajstić information content (AvgIpc) is 2.60. The van der Waals surface area contributed by atoms with Crippen molar-refractivity contribution in [2.24, 2.45) is 0 Å². The molecule has 0 amide bonds. The van der Waals surface area contributed by atoms with Crippen LogP contribution in [0.15, 0.2) is 12.1 Å². The van der Waals surface area contributed by atoms with E-state index in [4.69, 9.17) is 14.2 Å². The van der Waals surface area contributed by atoms with Crippen LogP contribution in [0.5, 0.6) is 11.5 Å². The molecule has 1 fully saturated rings. The largest absolute Gasteiger partial charge is 0.497 e. The van der Waals surface area contributed by atoms with Gasteiger partial charge in [-0.25, -0.2) is 4.79 Å². The lowest BCUT2D eigenvalue weighted by Crippen LogP contribution is -2.27. The maximum Gasteiger partial charge on any atom is 0.342 e. The number of nitrogens with zero attached hydrogens (tertiary/aromatic N) is 1. The van der Waals surface area contributed by atoms with Crippen LogP contribution in [0.1, 0.15) is 48.0 Å². The second-order valence-electron chi connectivity index (χ2n) is 5.59. The fourth-order valence-corrected chi connectivity index (χ4v) is 2.91. The Morgan fingerprint density at radius 2 is 1.87 bits per heavy atom. The third kappa shape index (κ3) is 3.94. The van der Waals surface area contributed by atoms with Gasteiger partial charge in [0.2, 0.25) is 12.3 Å². The number of methoxy groups -OCH3 is 3. The molecule has 1 aliphatic carbocycles. The van der Waals surface area contributed by atoms with Gasteiger partial charge in [-0.2, -0.15) is 0 Å². The van der Waals surface area contributed by atoms with Gasteiger partial charge in [0.15, 0.2) is 0 Å². The Bertz CT molecular complexity index is 591. The minimum absolute atomic E-state index is 0.0615. The summed E-state index contributed by atoms with van der Waals surface area (Å²) in [5.41, 5.74) is 0.770. The van der Waals surface area contributed by atoms with Crippen molar-refractivity contribution in [3.05, 3.63) is 23.3 Å². The standard InChI is InChI=1S/C17H24NO5/c1-21-14-9-12(11-18(20)13-7-5-4-6-8-13)16(17(19)23-3)15(10-14)22-2/h9-11,13,20H,4-8H2,1-3H3/q+1/b18-11-. The van der Waals surface area contributed by atoms with Crippen molar-refractivity contribution in [1.82, 2.24) is 0 Å². The molecule has 6 heteroatoms. The van der Waals surface area contributed by atoms with Gasteiger partial charge < -0.3 is 14.2 Å². The molecule has 0 radical (unpaired) electrons. The lowest BCUT2D eigenvalue weighted by atomic mass is 9.95. The van der Waals surface area contributed by atoms with Crippen LogP contribution in [0.25, 0.3) is 0 Å². The van der Waals surface area contributed by atoms with E-state index in [1.54, 1.807) is 18.3 Å². The van der Waals surface area contributed by atoms with Crippen LogP contribution in [-0.4, -0.2) is 49.5 Å². The number of benzene rings is 1. The fraction of sp³-hybridized carbons (Fsp3) is 0.529. The predicted molar refractivity (Wildman–Crippen MR) is 85.0 cm³/mol. The van der Waals surface area contributed by atoms with Gasteiger partial charge in [0.05, 0.1) is 26.9 Å². The van der Waals surface area contributed by atoms with Crippen molar-refractivity contribution in [1.29, 1.82) is 0 Å². The molecule has 1 aromatic rings. The highest BCUT2D eigenvalue weighted by Crippen LogP contribution is 2.29. The van der Waals surface area contributed by atoms with Crippen molar-refractivity contribution < 1.29 is 29.0 Å². The molecule has 0 spiro atoms. The summed E-state index contributed by atoms with van der Waals surface area (Å²) in [6.45, 7) is 0. The first-order chi connectivity index (χ1) is 11.1. The number of hydrogen-bond donors (Lipinski definition) is 1. The minimum Gasteiger partial charge on any atom is -0.497 e. The highest BCUT2D eigenvalue weighted by Gasteiger charge is 2.26. The highest BCUT2D eigenvalue weighted by molar-refractivity contribution is 6.01. The first-order valence-corrected chi connectivity index (χ1v) is 7.77. The molecule has 23 heavy (non-hydrogen) atoms. The first-order valence-electron chi connectivity index (χ1n) is 7.77. The van der Waals surface area contributed by atoms with Gasteiger partial charge >= 0.3 is 5.97 Å². The predicted octanol–water partition coefficient (Wildman–Crippen LogP) is 2.64. The second-order valence-corrected chi connectivity index (χ2v) is 5.59. The normalized spacial score (nSPS) is 16.0. The zero-order valence-corrected chi connectivity index (χ0v) is 13.9. The molecular weight excluding hydrogens is 298 g/mol. The molecule has 1 aromatic carbocycles. The lowest BCUT2D eigenvalue weighted by molar-refractivity contribution is -0.797. The summed E-state index contributed by atoms with van der Waals surface area (Å²) in [5.74, 6) is 0.366. The van der Waals surface area contributed by atoms with Crippen molar-refractivity contribution in [2.45, 2.75) is 38.1 Å². The van der Waals surface area contributed by atoms with E-state index in [1.165, 1.54) is 32.5 Å². The minimum atomic E-state index is -0.521. The number of hydroxylamine groups is 1. The van der Waals surface area contributed by atoms with E-state index in [9.17, 15) is 10.0 Å². The summed E-state index contributed by atoms with van der Waals surface area (Å²) in [7, 11) is 4.32. The van der Waals surface area contributed by atoms with Gasteiger partial charge in [-0.15, -0.1) is 0 Å². The van der Waals surface area contributed by atoms with Crippen molar-refractivity contribution in [2.75, 3.05) is 21.3 Å². The monoisotopic (exact) mass is 322 g/mol. The van der Waals surface area contributed by atoms with E-state index >= 15 is 0 Å². The summed E-state index contributed by atoms with van der Waals surface area (Å²) in [5, 5.41) is 10.4.